The van der Waals surface area contributed by atoms with Crippen LogP contribution in [0, 0.1) is 6.92 Å². The average Bonchev–Trinajstić information content (AvgIpc) is 3.90. The standard InChI is InChI=1S/C15H19NO4.C7H13NO2.C7H10O3.C7H12O3/c1-11(2)14(17)19-9-4-10-20-15(18)16-13-7-5-12(3)6-8-13;1-6(2)7(9)10-5-3-4-8;1-5(2)7(8)10-4-6-3-9-6;1-6(2)7(9)10-5-3-4-8/h5-8H,1,4,9-10H2,2-3H3,(H,16,18);1,3-5,8H2,2H3;6H,1,3-4H2,2H3;8H,1,3-5H2,2H3. The first-order valence-corrected chi connectivity index (χ1v) is 15.8. The van der Waals surface area contributed by atoms with Gasteiger partial charge < -0.3 is 39.3 Å². The zero-order valence-corrected chi connectivity index (χ0v) is 30.0. The van der Waals surface area contributed by atoms with Crippen LogP contribution in [-0.4, -0.2) is 94.0 Å². The van der Waals surface area contributed by atoms with Gasteiger partial charge in [0.05, 0.1) is 33.0 Å². The SMILES string of the molecule is C=C(C)C(=O)OCC1CO1.C=C(C)C(=O)OCCCN.C=C(C)C(=O)OCCCO.C=C(C)C(=O)OCCCOC(=O)Nc1ccc(C)cc1. The van der Waals surface area contributed by atoms with Crippen LogP contribution in [0.25, 0.3) is 0 Å². The number of aliphatic hydroxyl groups is 1. The number of amides is 1. The highest BCUT2D eigenvalue weighted by molar-refractivity contribution is 5.88. The fraction of sp³-hybridized carbons (Fsp3) is 0.472. The lowest BCUT2D eigenvalue weighted by Crippen LogP contribution is -2.16. The van der Waals surface area contributed by atoms with Crippen LogP contribution in [0.3, 0.4) is 0 Å². The Balaban J connectivity index is 0. The van der Waals surface area contributed by atoms with Crippen LogP contribution >= 0.6 is 0 Å². The molecule has 1 aliphatic rings. The number of rotatable bonds is 17. The van der Waals surface area contributed by atoms with Gasteiger partial charge in [0.2, 0.25) is 0 Å². The molecule has 0 saturated carbocycles. The molecule has 2 rings (SSSR count). The molecular formula is C36H54N2O12. The van der Waals surface area contributed by atoms with Crippen molar-refractivity contribution in [3.8, 4) is 0 Å². The molecule has 0 radical (unpaired) electrons. The number of carbonyl (C=O) groups excluding carboxylic acids is 5. The summed E-state index contributed by atoms with van der Waals surface area (Å²) in [4.78, 5) is 54.5. The number of esters is 4. The van der Waals surface area contributed by atoms with E-state index in [2.05, 4.69) is 36.4 Å². The van der Waals surface area contributed by atoms with Crippen molar-refractivity contribution in [1.29, 1.82) is 0 Å². The molecule has 50 heavy (non-hydrogen) atoms. The lowest BCUT2D eigenvalue weighted by molar-refractivity contribution is -0.140. The first-order chi connectivity index (χ1) is 23.5. The molecule has 1 aliphatic heterocycles. The summed E-state index contributed by atoms with van der Waals surface area (Å²) in [5.74, 6) is -1.51. The van der Waals surface area contributed by atoms with E-state index in [1.165, 1.54) is 0 Å². The molecule has 280 valence electrons. The van der Waals surface area contributed by atoms with E-state index in [0.717, 1.165) is 5.56 Å². The summed E-state index contributed by atoms with van der Waals surface area (Å²) in [6.45, 7) is 24.8. The van der Waals surface area contributed by atoms with E-state index in [4.69, 9.17) is 34.5 Å². The highest BCUT2D eigenvalue weighted by Crippen LogP contribution is 2.10. The number of carbonyl (C=O) groups is 5. The maximum atomic E-state index is 11.4. The third kappa shape index (κ3) is 29.4. The van der Waals surface area contributed by atoms with E-state index < -0.39 is 18.0 Å². The molecule has 1 aromatic carbocycles. The lowest BCUT2D eigenvalue weighted by Gasteiger charge is -2.07. The molecule has 0 aromatic heterocycles. The van der Waals surface area contributed by atoms with E-state index in [0.29, 0.717) is 73.6 Å². The third-order valence-corrected chi connectivity index (χ3v) is 5.37. The first kappa shape index (κ1) is 47.3. The predicted octanol–water partition coefficient (Wildman–Crippen LogP) is 4.50. The molecule has 1 atom stereocenters. The zero-order chi connectivity index (χ0) is 38.5. The Kier molecular flexibility index (Phi) is 27.6. The Hall–Kier alpha value is -4.79. The van der Waals surface area contributed by atoms with Gasteiger partial charge in [-0.05, 0) is 59.7 Å². The second kappa shape index (κ2) is 29.2. The summed E-state index contributed by atoms with van der Waals surface area (Å²) in [7, 11) is 0. The minimum absolute atomic E-state index is 0.0451. The first-order valence-electron chi connectivity index (χ1n) is 15.8. The van der Waals surface area contributed by atoms with Gasteiger partial charge in [0, 0.05) is 47.4 Å². The fourth-order valence-corrected chi connectivity index (χ4v) is 2.48. The van der Waals surface area contributed by atoms with Gasteiger partial charge in [0.15, 0.2) is 0 Å². The van der Waals surface area contributed by atoms with Crippen molar-refractivity contribution in [3.63, 3.8) is 0 Å². The van der Waals surface area contributed by atoms with Crippen LogP contribution in [0.15, 0.2) is 72.9 Å². The molecule has 1 fully saturated rings. The van der Waals surface area contributed by atoms with Crippen molar-refractivity contribution in [2.24, 2.45) is 5.73 Å². The molecule has 14 nitrogen and oxygen atoms in total. The van der Waals surface area contributed by atoms with E-state index in [1.54, 1.807) is 39.8 Å². The molecule has 0 aliphatic carbocycles. The van der Waals surface area contributed by atoms with Crippen LogP contribution in [0.4, 0.5) is 10.5 Å². The molecule has 0 bridgehead atoms. The van der Waals surface area contributed by atoms with E-state index >= 15 is 0 Å². The Morgan fingerprint density at radius 1 is 0.720 bits per heavy atom. The Labute approximate surface area is 295 Å². The number of ether oxygens (including phenoxy) is 6. The molecule has 1 amide bonds. The molecule has 4 N–H and O–H groups in total. The molecule has 1 saturated heterocycles. The number of nitrogens with two attached hydrogens (primary N) is 1. The van der Waals surface area contributed by atoms with Gasteiger partial charge in [-0.1, -0.05) is 44.0 Å². The molecule has 0 spiro atoms. The quantitative estimate of drug-likeness (QED) is 0.0673. The van der Waals surface area contributed by atoms with Crippen molar-refractivity contribution in [3.05, 3.63) is 78.4 Å². The number of anilines is 1. The van der Waals surface area contributed by atoms with Crippen molar-refractivity contribution in [2.45, 2.75) is 60.0 Å². The van der Waals surface area contributed by atoms with E-state index in [9.17, 15) is 24.0 Å². The second-order valence-corrected chi connectivity index (χ2v) is 10.8. The number of benzene rings is 1. The van der Waals surface area contributed by atoms with Crippen LogP contribution in [-0.2, 0) is 47.6 Å². The topological polar surface area (TPSA) is 202 Å². The molecule has 1 heterocycles. The summed E-state index contributed by atoms with van der Waals surface area (Å²) in [6.07, 6.45) is 1.25. The van der Waals surface area contributed by atoms with Crippen LogP contribution in [0.2, 0.25) is 0 Å². The van der Waals surface area contributed by atoms with Gasteiger partial charge in [-0.3, -0.25) is 5.32 Å². The summed E-state index contributed by atoms with van der Waals surface area (Å²) >= 11 is 0. The Bertz CT molecular complexity index is 1220. The molecule has 14 heteroatoms. The highest BCUT2D eigenvalue weighted by atomic mass is 16.6. The van der Waals surface area contributed by atoms with Crippen molar-refractivity contribution < 1.29 is 57.5 Å². The number of aryl methyl sites for hydroxylation is 1. The highest BCUT2D eigenvalue weighted by Gasteiger charge is 2.24. The smallest absolute Gasteiger partial charge is 0.411 e. The van der Waals surface area contributed by atoms with Gasteiger partial charge >= 0.3 is 30.0 Å². The second-order valence-electron chi connectivity index (χ2n) is 10.8. The molecule has 1 aromatic rings. The number of aliphatic hydroxyl groups excluding tert-OH is 1. The summed E-state index contributed by atoms with van der Waals surface area (Å²) in [5, 5.41) is 10.9. The minimum atomic E-state index is -0.528. The maximum Gasteiger partial charge on any atom is 0.411 e. The molecule has 1 unspecified atom stereocenters. The summed E-state index contributed by atoms with van der Waals surface area (Å²) < 4.78 is 28.8. The van der Waals surface area contributed by atoms with Crippen molar-refractivity contribution in [2.75, 3.05) is 58.1 Å². The zero-order valence-electron chi connectivity index (χ0n) is 30.0. The number of hydrogen-bond acceptors (Lipinski definition) is 13. The van der Waals surface area contributed by atoms with Gasteiger partial charge in [0.25, 0.3) is 0 Å². The maximum absolute atomic E-state index is 11.4. The summed E-state index contributed by atoms with van der Waals surface area (Å²) in [6, 6.07) is 7.38. The molecular weight excluding hydrogens is 652 g/mol. The fourth-order valence-electron chi connectivity index (χ4n) is 2.48. The van der Waals surface area contributed by atoms with Crippen LogP contribution < -0.4 is 11.1 Å². The predicted molar refractivity (Wildman–Crippen MR) is 189 cm³/mol. The monoisotopic (exact) mass is 706 g/mol. The normalized spacial score (nSPS) is 11.9. The van der Waals surface area contributed by atoms with Gasteiger partial charge in [-0.15, -0.1) is 0 Å². The Morgan fingerprint density at radius 2 is 1.12 bits per heavy atom. The van der Waals surface area contributed by atoms with Crippen LogP contribution in [0.5, 0.6) is 0 Å². The largest absolute Gasteiger partial charge is 0.462 e. The van der Waals surface area contributed by atoms with Gasteiger partial charge in [-0.2, -0.15) is 0 Å². The van der Waals surface area contributed by atoms with Crippen molar-refractivity contribution in [1.82, 2.24) is 0 Å². The Morgan fingerprint density at radius 3 is 1.52 bits per heavy atom. The van der Waals surface area contributed by atoms with E-state index in [1.807, 2.05) is 19.1 Å². The summed E-state index contributed by atoms with van der Waals surface area (Å²) in [5.41, 5.74) is 8.56. The van der Waals surface area contributed by atoms with Crippen molar-refractivity contribution >= 4 is 35.7 Å². The van der Waals surface area contributed by atoms with E-state index in [-0.39, 0.29) is 44.5 Å². The van der Waals surface area contributed by atoms with Crippen LogP contribution in [0.1, 0.15) is 52.5 Å². The number of hydrogen-bond donors (Lipinski definition) is 3. The average molecular weight is 707 g/mol. The minimum Gasteiger partial charge on any atom is -0.462 e. The van der Waals surface area contributed by atoms with Gasteiger partial charge in [0.1, 0.15) is 12.7 Å². The number of nitrogens with one attached hydrogen (secondary N) is 1. The third-order valence-electron chi connectivity index (χ3n) is 5.37. The van der Waals surface area contributed by atoms with Gasteiger partial charge in [-0.25, -0.2) is 24.0 Å². The number of epoxide rings is 1. The lowest BCUT2D eigenvalue weighted by atomic mass is 10.2.